The number of nitrogens with zero attached hydrogens (tertiary/aromatic N) is 9. The number of aromatic nitrogens is 7. The number of nitriles is 1. The van der Waals surface area contributed by atoms with Crippen molar-refractivity contribution in [2.75, 3.05) is 18.0 Å². The molecule has 142 valence electrons. The van der Waals surface area contributed by atoms with Crippen molar-refractivity contribution in [3.63, 3.8) is 0 Å². The lowest BCUT2D eigenvalue weighted by Gasteiger charge is -2.31. The fourth-order valence-corrected chi connectivity index (χ4v) is 3.72. The number of hydrogen-bond acceptors (Lipinski definition) is 8. The second kappa shape index (κ2) is 7.24. The summed E-state index contributed by atoms with van der Waals surface area (Å²) in [4.78, 5) is 6.28. The third-order valence-electron chi connectivity index (χ3n) is 5.23. The molecule has 0 saturated carbocycles. The molecule has 9 nitrogen and oxygen atoms in total. The molecule has 1 aliphatic heterocycles. The summed E-state index contributed by atoms with van der Waals surface area (Å²) in [5.74, 6) is 1.75. The fourth-order valence-electron chi connectivity index (χ4n) is 3.72. The number of piperidine rings is 1. The molecule has 0 aromatic carbocycles. The van der Waals surface area contributed by atoms with Gasteiger partial charge in [0, 0.05) is 37.0 Å². The van der Waals surface area contributed by atoms with Gasteiger partial charge in [0.05, 0.1) is 17.5 Å². The first-order chi connectivity index (χ1) is 14.3. The van der Waals surface area contributed by atoms with E-state index in [1.165, 1.54) is 0 Å². The Hall–Kier alpha value is -3.93. The van der Waals surface area contributed by atoms with Crippen LogP contribution in [0, 0.1) is 11.3 Å². The molecule has 4 aromatic rings. The highest BCUT2D eigenvalue weighted by Gasteiger charge is 2.27. The highest BCUT2D eigenvalue weighted by molar-refractivity contribution is 5.59. The van der Waals surface area contributed by atoms with Gasteiger partial charge in [-0.15, -0.1) is 15.3 Å². The molecular weight excluding hydrogens is 366 g/mol. The first-order valence-electron chi connectivity index (χ1n) is 9.43. The van der Waals surface area contributed by atoms with Crippen LogP contribution in [-0.4, -0.2) is 48.1 Å². The fraction of sp³-hybridized carbons (Fsp3) is 0.250. The molecule has 1 fully saturated rings. The second-order valence-corrected chi connectivity index (χ2v) is 6.93. The minimum Gasteiger partial charge on any atom is -0.354 e. The maximum Gasteiger partial charge on any atom is 0.177 e. The van der Waals surface area contributed by atoms with Gasteiger partial charge in [0.1, 0.15) is 6.07 Å². The summed E-state index contributed by atoms with van der Waals surface area (Å²) in [5, 5.41) is 30.9. The second-order valence-electron chi connectivity index (χ2n) is 6.93. The SMILES string of the molecule is N#Cc1ccnnc1N1CCC(c2nnc3ccc(-c4cccnc4)nn23)CC1. The first-order valence-corrected chi connectivity index (χ1v) is 9.43. The topological polar surface area (TPSA) is 109 Å². The normalized spacial score (nSPS) is 14.8. The standard InChI is InChI=1S/C20H17N9/c21-12-15-5-9-23-25-19(15)28-10-6-14(7-11-28)20-26-24-18-4-3-17(27-29(18)20)16-2-1-8-22-13-16/h1-5,8-9,13-14H,6-7,10-11H2. The molecule has 1 saturated heterocycles. The van der Waals surface area contributed by atoms with Gasteiger partial charge in [-0.1, -0.05) is 0 Å². The van der Waals surface area contributed by atoms with E-state index in [4.69, 9.17) is 5.10 Å². The van der Waals surface area contributed by atoms with Crippen molar-refractivity contribution in [3.05, 3.63) is 60.3 Å². The number of rotatable bonds is 3. The van der Waals surface area contributed by atoms with E-state index in [0.717, 1.165) is 48.7 Å². The maximum absolute atomic E-state index is 9.31. The quantitative estimate of drug-likeness (QED) is 0.530. The maximum atomic E-state index is 9.31. The lowest BCUT2D eigenvalue weighted by molar-refractivity contribution is 0.474. The average molecular weight is 383 g/mol. The lowest BCUT2D eigenvalue weighted by Crippen LogP contribution is -2.34. The smallest absolute Gasteiger partial charge is 0.177 e. The monoisotopic (exact) mass is 383 g/mol. The van der Waals surface area contributed by atoms with Gasteiger partial charge < -0.3 is 4.90 Å². The van der Waals surface area contributed by atoms with Gasteiger partial charge in [-0.3, -0.25) is 4.98 Å². The highest BCUT2D eigenvalue weighted by atomic mass is 15.4. The number of hydrogen-bond donors (Lipinski definition) is 0. The van der Waals surface area contributed by atoms with Crippen LogP contribution < -0.4 is 4.90 Å². The van der Waals surface area contributed by atoms with Crippen molar-refractivity contribution in [1.82, 2.24) is 35.0 Å². The average Bonchev–Trinajstić information content (AvgIpc) is 3.23. The van der Waals surface area contributed by atoms with Crippen molar-refractivity contribution in [3.8, 4) is 17.3 Å². The summed E-state index contributed by atoms with van der Waals surface area (Å²) >= 11 is 0. The summed E-state index contributed by atoms with van der Waals surface area (Å²) in [7, 11) is 0. The van der Waals surface area contributed by atoms with Crippen LogP contribution in [-0.2, 0) is 0 Å². The molecule has 0 amide bonds. The van der Waals surface area contributed by atoms with Gasteiger partial charge in [-0.05, 0) is 43.2 Å². The van der Waals surface area contributed by atoms with Gasteiger partial charge >= 0.3 is 0 Å². The summed E-state index contributed by atoms with van der Waals surface area (Å²) in [5.41, 5.74) is 3.07. The molecule has 5 heterocycles. The van der Waals surface area contributed by atoms with Crippen LogP contribution in [0.15, 0.2) is 48.9 Å². The van der Waals surface area contributed by atoms with E-state index in [1.54, 1.807) is 24.7 Å². The van der Waals surface area contributed by atoms with Gasteiger partial charge in [0.25, 0.3) is 0 Å². The van der Waals surface area contributed by atoms with E-state index in [2.05, 4.69) is 36.3 Å². The van der Waals surface area contributed by atoms with E-state index in [0.29, 0.717) is 11.4 Å². The largest absolute Gasteiger partial charge is 0.354 e. The van der Waals surface area contributed by atoms with Gasteiger partial charge in [0.2, 0.25) is 0 Å². The molecule has 0 aliphatic carbocycles. The number of anilines is 1. The predicted octanol–water partition coefficient (Wildman–Crippen LogP) is 2.23. The Morgan fingerprint density at radius 2 is 1.90 bits per heavy atom. The minimum atomic E-state index is 0.236. The van der Waals surface area contributed by atoms with Crippen molar-refractivity contribution >= 4 is 11.5 Å². The molecule has 29 heavy (non-hydrogen) atoms. The zero-order chi connectivity index (χ0) is 19.6. The van der Waals surface area contributed by atoms with Crippen LogP contribution in [0.4, 0.5) is 5.82 Å². The molecule has 5 rings (SSSR count). The van der Waals surface area contributed by atoms with E-state index >= 15 is 0 Å². The third kappa shape index (κ3) is 3.14. The summed E-state index contributed by atoms with van der Waals surface area (Å²) in [6.45, 7) is 1.55. The molecule has 0 atom stereocenters. The molecule has 9 heteroatoms. The summed E-state index contributed by atoms with van der Waals surface area (Å²) in [6.07, 6.45) is 6.84. The van der Waals surface area contributed by atoms with Crippen molar-refractivity contribution in [1.29, 1.82) is 5.26 Å². The Morgan fingerprint density at radius 3 is 2.69 bits per heavy atom. The van der Waals surface area contributed by atoms with Crippen LogP contribution in [0.25, 0.3) is 16.9 Å². The summed E-state index contributed by atoms with van der Waals surface area (Å²) < 4.78 is 1.84. The van der Waals surface area contributed by atoms with E-state index in [1.807, 2.05) is 28.8 Å². The van der Waals surface area contributed by atoms with Gasteiger partial charge in [-0.2, -0.15) is 20.0 Å². The van der Waals surface area contributed by atoms with Crippen LogP contribution >= 0.6 is 0 Å². The van der Waals surface area contributed by atoms with Crippen LogP contribution in [0.1, 0.15) is 30.1 Å². The van der Waals surface area contributed by atoms with Crippen molar-refractivity contribution < 1.29 is 0 Å². The Balaban J connectivity index is 1.40. The molecule has 0 radical (unpaired) electrons. The third-order valence-corrected chi connectivity index (χ3v) is 5.23. The molecule has 4 aromatic heterocycles. The van der Waals surface area contributed by atoms with Crippen LogP contribution in [0.2, 0.25) is 0 Å². The van der Waals surface area contributed by atoms with E-state index < -0.39 is 0 Å². The number of pyridine rings is 1. The van der Waals surface area contributed by atoms with Gasteiger partial charge in [-0.25, -0.2) is 0 Å². The Kier molecular flexibility index (Phi) is 4.29. The first kappa shape index (κ1) is 17.2. The number of fused-ring (bicyclic) bond motifs is 1. The minimum absolute atomic E-state index is 0.236. The van der Waals surface area contributed by atoms with Crippen molar-refractivity contribution in [2.45, 2.75) is 18.8 Å². The highest BCUT2D eigenvalue weighted by Crippen LogP contribution is 2.30. The molecule has 0 N–H and O–H groups in total. The van der Waals surface area contributed by atoms with E-state index in [9.17, 15) is 5.26 Å². The van der Waals surface area contributed by atoms with Gasteiger partial charge in [0.15, 0.2) is 17.3 Å². The van der Waals surface area contributed by atoms with Crippen LogP contribution in [0.5, 0.6) is 0 Å². The Morgan fingerprint density at radius 1 is 1.00 bits per heavy atom. The Bertz CT molecular complexity index is 1190. The molecule has 1 aliphatic rings. The molecule has 0 unspecified atom stereocenters. The summed E-state index contributed by atoms with van der Waals surface area (Å²) in [6, 6.07) is 11.6. The lowest BCUT2D eigenvalue weighted by atomic mass is 9.96. The predicted molar refractivity (Wildman–Crippen MR) is 105 cm³/mol. The zero-order valence-corrected chi connectivity index (χ0v) is 15.5. The van der Waals surface area contributed by atoms with Crippen LogP contribution in [0.3, 0.4) is 0 Å². The molecule has 0 spiro atoms. The van der Waals surface area contributed by atoms with E-state index in [-0.39, 0.29) is 5.92 Å². The zero-order valence-electron chi connectivity index (χ0n) is 15.5. The Labute approximate surface area is 166 Å². The molecule has 0 bridgehead atoms. The molecular formula is C20H17N9. The van der Waals surface area contributed by atoms with Crippen molar-refractivity contribution in [2.24, 2.45) is 0 Å².